The molecule has 0 aliphatic heterocycles. The SMILES string of the molecule is CC1(C)c2ccccc2-c2c(-c3nc(-c4ccccc4)nc(-c4cccc5oc6ccc(-c7ccc8c(c7)c7ccccc7n8-c7ccccc7)cc6c45)n3)cccc21. The van der Waals surface area contributed by atoms with Gasteiger partial charge >= 0.3 is 0 Å². The van der Waals surface area contributed by atoms with E-state index in [1.165, 1.54) is 44.1 Å². The van der Waals surface area contributed by atoms with E-state index in [-0.39, 0.29) is 5.41 Å². The lowest BCUT2D eigenvalue weighted by Crippen LogP contribution is -2.14. The summed E-state index contributed by atoms with van der Waals surface area (Å²) in [4.78, 5) is 15.7. The van der Waals surface area contributed by atoms with Gasteiger partial charge in [-0.2, -0.15) is 0 Å². The van der Waals surface area contributed by atoms with Gasteiger partial charge in [0.2, 0.25) is 0 Å². The van der Waals surface area contributed by atoms with Crippen LogP contribution in [0.25, 0.3) is 106 Å². The topological polar surface area (TPSA) is 56.7 Å². The van der Waals surface area contributed by atoms with Crippen LogP contribution < -0.4 is 0 Å². The summed E-state index contributed by atoms with van der Waals surface area (Å²) in [5.41, 5.74) is 15.0. The number of fused-ring (bicyclic) bond motifs is 9. The average Bonchev–Trinajstić information content (AvgIpc) is 3.92. The first-order valence-corrected chi connectivity index (χ1v) is 20.1. The van der Waals surface area contributed by atoms with Crippen LogP contribution >= 0.6 is 0 Å². The molecule has 278 valence electrons. The molecule has 5 nitrogen and oxygen atoms in total. The number of para-hydroxylation sites is 2. The maximum absolute atomic E-state index is 6.56. The molecule has 59 heavy (non-hydrogen) atoms. The number of hydrogen-bond donors (Lipinski definition) is 0. The van der Waals surface area contributed by atoms with Gasteiger partial charge in [-0.05, 0) is 81.9 Å². The monoisotopic (exact) mass is 756 g/mol. The van der Waals surface area contributed by atoms with Crippen LogP contribution in [0, 0.1) is 0 Å². The first-order chi connectivity index (χ1) is 29.0. The molecule has 0 spiro atoms. The molecule has 0 bridgehead atoms. The molecular formula is C54H36N4O. The summed E-state index contributed by atoms with van der Waals surface area (Å²) < 4.78 is 8.91. The lowest BCUT2D eigenvalue weighted by atomic mass is 9.82. The molecule has 0 N–H and O–H groups in total. The van der Waals surface area contributed by atoms with Crippen molar-refractivity contribution in [2.75, 3.05) is 0 Å². The fourth-order valence-corrected chi connectivity index (χ4v) is 9.47. The van der Waals surface area contributed by atoms with E-state index in [0.29, 0.717) is 17.5 Å². The Morgan fingerprint density at radius 1 is 0.424 bits per heavy atom. The Hall–Kier alpha value is -7.63. The first-order valence-electron chi connectivity index (χ1n) is 20.1. The van der Waals surface area contributed by atoms with E-state index in [1.54, 1.807) is 0 Å². The van der Waals surface area contributed by atoms with E-state index in [1.807, 2.05) is 30.3 Å². The standard InChI is InChI=1S/C54H36N4O/c1-54(2)43-23-11-9-20-38(43)49-39(21-13-24-44(49)54)52-55-51(33-15-5-3-6-16-33)56-53(57-52)40-22-14-26-48-50(40)42-32-35(28-30-47(42)59-48)34-27-29-46-41(31-34)37-19-10-12-25-45(37)58(46)36-17-7-4-8-18-36/h3-32H,1-2H3. The molecule has 0 saturated heterocycles. The zero-order valence-corrected chi connectivity index (χ0v) is 32.5. The Bertz CT molecular complexity index is 3470. The van der Waals surface area contributed by atoms with Crippen LogP contribution in [0.4, 0.5) is 0 Å². The predicted octanol–water partition coefficient (Wildman–Crippen LogP) is 13.8. The minimum atomic E-state index is -0.150. The highest BCUT2D eigenvalue weighted by Gasteiger charge is 2.37. The molecule has 0 fully saturated rings. The van der Waals surface area contributed by atoms with Crippen molar-refractivity contribution in [1.82, 2.24) is 19.5 Å². The average molecular weight is 757 g/mol. The molecule has 5 heteroatoms. The van der Waals surface area contributed by atoms with Crippen molar-refractivity contribution in [2.24, 2.45) is 0 Å². The fourth-order valence-electron chi connectivity index (χ4n) is 9.47. The molecule has 0 radical (unpaired) electrons. The van der Waals surface area contributed by atoms with Crippen LogP contribution in [0.15, 0.2) is 186 Å². The second-order valence-corrected chi connectivity index (χ2v) is 16.0. The van der Waals surface area contributed by atoms with E-state index < -0.39 is 0 Å². The summed E-state index contributed by atoms with van der Waals surface area (Å²) >= 11 is 0. The van der Waals surface area contributed by atoms with Crippen LogP contribution in [-0.2, 0) is 5.41 Å². The Morgan fingerprint density at radius 2 is 1.03 bits per heavy atom. The van der Waals surface area contributed by atoms with Crippen molar-refractivity contribution in [3.63, 3.8) is 0 Å². The predicted molar refractivity (Wildman–Crippen MR) is 241 cm³/mol. The summed E-state index contributed by atoms with van der Waals surface area (Å²) in [5, 5.41) is 4.43. The highest BCUT2D eigenvalue weighted by Crippen LogP contribution is 2.52. The lowest BCUT2D eigenvalue weighted by Gasteiger charge is -2.21. The molecule has 0 saturated carbocycles. The van der Waals surface area contributed by atoms with Crippen LogP contribution in [0.5, 0.6) is 0 Å². The summed E-state index contributed by atoms with van der Waals surface area (Å²) in [6.45, 7) is 4.60. The summed E-state index contributed by atoms with van der Waals surface area (Å²) in [6.07, 6.45) is 0. The normalized spacial score (nSPS) is 13.1. The van der Waals surface area contributed by atoms with Gasteiger partial charge in [0.15, 0.2) is 17.5 Å². The Balaban J connectivity index is 1.05. The molecule has 1 aliphatic rings. The maximum atomic E-state index is 6.56. The highest BCUT2D eigenvalue weighted by molar-refractivity contribution is 6.14. The van der Waals surface area contributed by atoms with Gasteiger partial charge in [-0.3, -0.25) is 0 Å². The zero-order chi connectivity index (χ0) is 39.2. The van der Waals surface area contributed by atoms with Gasteiger partial charge < -0.3 is 8.98 Å². The lowest BCUT2D eigenvalue weighted by molar-refractivity contribution is 0.660. The third-order valence-electron chi connectivity index (χ3n) is 12.3. The molecule has 3 aromatic heterocycles. The molecule has 0 unspecified atom stereocenters. The van der Waals surface area contributed by atoms with Crippen molar-refractivity contribution >= 4 is 43.7 Å². The zero-order valence-electron chi connectivity index (χ0n) is 32.5. The van der Waals surface area contributed by atoms with E-state index in [2.05, 4.69) is 170 Å². The molecular weight excluding hydrogens is 721 g/mol. The van der Waals surface area contributed by atoms with Gasteiger partial charge in [0.1, 0.15) is 11.2 Å². The minimum Gasteiger partial charge on any atom is -0.456 e. The number of hydrogen-bond acceptors (Lipinski definition) is 4. The van der Waals surface area contributed by atoms with Crippen LogP contribution in [0.1, 0.15) is 25.0 Å². The number of nitrogens with zero attached hydrogens (tertiary/aromatic N) is 4. The second-order valence-electron chi connectivity index (χ2n) is 16.0. The van der Waals surface area contributed by atoms with E-state index in [4.69, 9.17) is 19.4 Å². The largest absolute Gasteiger partial charge is 0.456 e. The van der Waals surface area contributed by atoms with Crippen LogP contribution in [0.2, 0.25) is 0 Å². The van der Waals surface area contributed by atoms with Crippen molar-refractivity contribution in [1.29, 1.82) is 0 Å². The van der Waals surface area contributed by atoms with E-state index in [0.717, 1.165) is 55.4 Å². The van der Waals surface area contributed by atoms with Gasteiger partial charge in [0.05, 0.1) is 11.0 Å². The van der Waals surface area contributed by atoms with Gasteiger partial charge in [-0.25, -0.2) is 15.0 Å². The quantitative estimate of drug-likeness (QED) is 0.175. The van der Waals surface area contributed by atoms with Crippen LogP contribution in [0.3, 0.4) is 0 Å². The number of rotatable bonds is 5. The molecule has 8 aromatic carbocycles. The van der Waals surface area contributed by atoms with Crippen molar-refractivity contribution < 1.29 is 4.42 Å². The van der Waals surface area contributed by atoms with Gasteiger partial charge in [0.25, 0.3) is 0 Å². The molecule has 0 amide bonds. The number of furan rings is 1. The van der Waals surface area contributed by atoms with Crippen LogP contribution in [-0.4, -0.2) is 19.5 Å². The molecule has 0 atom stereocenters. The Kier molecular flexibility index (Phi) is 7.20. The van der Waals surface area contributed by atoms with Crippen molar-refractivity contribution in [2.45, 2.75) is 19.3 Å². The highest BCUT2D eigenvalue weighted by atomic mass is 16.3. The number of benzene rings is 8. The molecule has 11 aromatic rings. The maximum Gasteiger partial charge on any atom is 0.164 e. The summed E-state index contributed by atoms with van der Waals surface area (Å²) in [7, 11) is 0. The van der Waals surface area contributed by atoms with Gasteiger partial charge in [-0.1, -0.05) is 147 Å². The molecule has 12 rings (SSSR count). The Labute approximate surface area is 340 Å². The fraction of sp³-hybridized carbons (Fsp3) is 0.0556. The Morgan fingerprint density at radius 3 is 1.88 bits per heavy atom. The third-order valence-corrected chi connectivity index (χ3v) is 12.3. The van der Waals surface area contributed by atoms with Crippen molar-refractivity contribution in [3.05, 3.63) is 193 Å². The third kappa shape index (κ3) is 5.08. The van der Waals surface area contributed by atoms with E-state index in [9.17, 15) is 0 Å². The van der Waals surface area contributed by atoms with Gasteiger partial charge in [-0.15, -0.1) is 0 Å². The smallest absolute Gasteiger partial charge is 0.164 e. The first kappa shape index (κ1) is 33.5. The van der Waals surface area contributed by atoms with Crippen molar-refractivity contribution in [3.8, 4) is 62.1 Å². The second kappa shape index (κ2) is 12.7. The van der Waals surface area contributed by atoms with Gasteiger partial charge in [0, 0.05) is 49.3 Å². The summed E-state index contributed by atoms with van der Waals surface area (Å²) in [6, 6.07) is 64.2. The molecule has 3 heterocycles. The number of aromatic nitrogens is 4. The summed E-state index contributed by atoms with van der Waals surface area (Å²) in [5.74, 6) is 1.87. The van der Waals surface area contributed by atoms with E-state index >= 15 is 0 Å². The minimum absolute atomic E-state index is 0.150. The molecule has 1 aliphatic carbocycles.